The number of nitrogens with zero attached hydrogens (tertiary/aromatic N) is 7. The lowest BCUT2D eigenvalue weighted by atomic mass is 10.0. The number of carbonyl (C=O) groups is 1. The van der Waals surface area contributed by atoms with Gasteiger partial charge in [0.2, 0.25) is 6.10 Å². The molecule has 9 nitrogen and oxygen atoms in total. The zero-order valence-electron chi connectivity index (χ0n) is 16.4. The van der Waals surface area contributed by atoms with Crippen LogP contribution in [-0.4, -0.2) is 68.4 Å². The highest BCUT2D eigenvalue weighted by atomic mass is 19.1. The van der Waals surface area contributed by atoms with Crippen molar-refractivity contribution in [2.75, 3.05) is 31.1 Å². The molecule has 1 fully saturated rings. The van der Waals surface area contributed by atoms with Crippen LogP contribution in [0.2, 0.25) is 0 Å². The third-order valence-electron chi connectivity index (χ3n) is 5.38. The van der Waals surface area contributed by atoms with Gasteiger partial charge in [0, 0.05) is 49.9 Å². The predicted molar refractivity (Wildman–Crippen MR) is 107 cm³/mol. The minimum atomic E-state index is -0.667. The quantitative estimate of drug-likeness (QED) is 0.650. The summed E-state index contributed by atoms with van der Waals surface area (Å²) in [6.07, 6.45) is 1.16. The first kappa shape index (κ1) is 18.5. The van der Waals surface area contributed by atoms with Gasteiger partial charge in [-0.2, -0.15) is 14.6 Å². The van der Waals surface area contributed by atoms with E-state index in [1.54, 1.807) is 21.5 Å². The minimum Gasteiger partial charge on any atom is -0.382 e. The first-order chi connectivity index (χ1) is 14.6. The minimum absolute atomic E-state index is 0.0957. The van der Waals surface area contributed by atoms with Crippen molar-refractivity contribution < 1.29 is 14.0 Å². The van der Waals surface area contributed by atoms with Gasteiger partial charge in [-0.05, 0) is 19.1 Å². The van der Waals surface area contributed by atoms with Gasteiger partial charge in [-0.1, -0.05) is 17.3 Å². The normalized spacial score (nSPS) is 19.1. The third-order valence-corrected chi connectivity index (χ3v) is 5.38. The van der Waals surface area contributed by atoms with E-state index in [1.165, 1.54) is 18.5 Å². The lowest BCUT2D eigenvalue weighted by Crippen LogP contribution is -2.52. The molecule has 1 amide bonds. The summed E-state index contributed by atoms with van der Waals surface area (Å²) in [6.45, 7) is 4.37. The van der Waals surface area contributed by atoms with Gasteiger partial charge in [-0.25, -0.2) is 9.37 Å². The Morgan fingerprint density at radius 1 is 1.20 bits per heavy atom. The number of halogens is 1. The molecule has 0 bridgehead atoms. The number of fused-ring (bicyclic) bond motifs is 1. The fraction of sp³-hybridized carbons (Fsp3) is 0.350. The Balaban J connectivity index is 1.23. The molecule has 154 valence electrons. The lowest BCUT2D eigenvalue weighted by molar-refractivity contribution is -0.142. The van der Waals surface area contributed by atoms with Crippen LogP contribution in [0.15, 0.2) is 41.8 Å². The summed E-state index contributed by atoms with van der Waals surface area (Å²) in [4.78, 5) is 30.8. The Hall–Kier alpha value is -3.56. The van der Waals surface area contributed by atoms with Gasteiger partial charge in [0.15, 0.2) is 0 Å². The topological polar surface area (TPSA) is 88.2 Å². The Morgan fingerprint density at radius 2 is 2.03 bits per heavy atom. The maximum absolute atomic E-state index is 13.5. The summed E-state index contributed by atoms with van der Waals surface area (Å²) in [5.41, 5.74) is 2.10. The molecule has 0 radical (unpaired) electrons. The molecular weight excluding hydrogens is 389 g/mol. The van der Waals surface area contributed by atoms with E-state index in [1.807, 2.05) is 13.0 Å². The van der Waals surface area contributed by atoms with Crippen molar-refractivity contribution in [3.8, 4) is 0 Å². The summed E-state index contributed by atoms with van der Waals surface area (Å²) in [5, 5.41) is 8.27. The second-order valence-corrected chi connectivity index (χ2v) is 7.39. The van der Waals surface area contributed by atoms with Crippen LogP contribution in [0.5, 0.6) is 0 Å². The molecule has 0 saturated carbocycles. The van der Waals surface area contributed by atoms with Crippen LogP contribution >= 0.6 is 0 Å². The largest absolute Gasteiger partial charge is 0.382 e. The Morgan fingerprint density at radius 3 is 2.83 bits per heavy atom. The molecular formula is C20H20FN7O2. The van der Waals surface area contributed by atoms with Crippen LogP contribution in [0.4, 0.5) is 10.2 Å². The first-order valence-electron chi connectivity index (χ1n) is 9.78. The standard InChI is InChI=1S/C20H20FN7O2/c1-13-9-18(28-20(24-13)22-12-23-28)26-5-7-27(8-6-26)19(29)17-11-16(25-30-17)14-3-2-4-15(21)10-14/h2-4,9-10,12,17H,5-8,11H2,1H3/t17-/m1/s1. The lowest BCUT2D eigenvalue weighted by Gasteiger charge is -2.36. The number of oxime groups is 1. The molecule has 0 aliphatic carbocycles. The zero-order chi connectivity index (χ0) is 20.7. The molecule has 3 aromatic rings. The molecule has 0 spiro atoms. The van der Waals surface area contributed by atoms with Gasteiger partial charge in [0.25, 0.3) is 11.7 Å². The first-order valence-corrected chi connectivity index (χ1v) is 9.78. The molecule has 4 heterocycles. The van der Waals surface area contributed by atoms with Crippen LogP contribution in [0.3, 0.4) is 0 Å². The third kappa shape index (κ3) is 3.34. The zero-order valence-corrected chi connectivity index (χ0v) is 16.4. The van der Waals surface area contributed by atoms with E-state index in [2.05, 4.69) is 25.1 Å². The molecule has 10 heteroatoms. The number of rotatable bonds is 3. The highest BCUT2D eigenvalue weighted by Gasteiger charge is 2.34. The van der Waals surface area contributed by atoms with E-state index >= 15 is 0 Å². The van der Waals surface area contributed by atoms with Gasteiger partial charge in [0.05, 0.1) is 5.71 Å². The predicted octanol–water partition coefficient (Wildman–Crippen LogP) is 1.41. The van der Waals surface area contributed by atoms with E-state index in [0.29, 0.717) is 49.7 Å². The number of amides is 1. The van der Waals surface area contributed by atoms with E-state index in [9.17, 15) is 9.18 Å². The molecule has 0 N–H and O–H groups in total. The van der Waals surface area contributed by atoms with Crippen molar-refractivity contribution in [3.05, 3.63) is 53.7 Å². The fourth-order valence-electron chi connectivity index (χ4n) is 3.84. The Bertz CT molecular complexity index is 1140. The molecule has 1 saturated heterocycles. The van der Waals surface area contributed by atoms with Crippen molar-refractivity contribution in [1.29, 1.82) is 0 Å². The highest BCUT2D eigenvalue weighted by Crippen LogP contribution is 2.22. The monoisotopic (exact) mass is 409 g/mol. The van der Waals surface area contributed by atoms with E-state index in [-0.39, 0.29) is 11.7 Å². The van der Waals surface area contributed by atoms with Crippen molar-refractivity contribution in [2.45, 2.75) is 19.4 Å². The second kappa shape index (κ2) is 7.36. The Kier molecular flexibility index (Phi) is 4.53. The van der Waals surface area contributed by atoms with Crippen molar-refractivity contribution in [2.24, 2.45) is 5.16 Å². The maximum atomic E-state index is 13.5. The summed E-state index contributed by atoms with van der Waals surface area (Å²) in [5.74, 6) is 1.04. The average Bonchev–Trinajstić information content (AvgIpc) is 3.42. The van der Waals surface area contributed by atoms with Gasteiger partial charge in [-0.15, -0.1) is 0 Å². The molecule has 2 aromatic heterocycles. The maximum Gasteiger partial charge on any atom is 0.267 e. The van der Waals surface area contributed by atoms with Gasteiger partial charge in [0.1, 0.15) is 18.0 Å². The van der Waals surface area contributed by atoms with Gasteiger partial charge >= 0.3 is 0 Å². The van der Waals surface area contributed by atoms with Gasteiger partial charge < -0.3 is 14.6 Å². The number of aromatic nitrogens is 4. The molecule has 1 atom stereocenters. The number of hydrogen-bond acceptors (Lipinski definition) is 7. The number of benzene rings is 1. The van der Waals surface area contributed by atoms with E-state index in [0.717, 1.165) is 11.5 Å². The SMILES string of the molecule is Cc1cc(N2CCN(C(=O)[C@H]3CC(c4cccc(F)c4)=NO3)CC2)n2ncnc2n1. The smallest absolute Gasteiger partial charge is 0.267 e. The molecule has 0 unspecified atom stereocenters. The molecule has 2 aliphatic rings. The fourth-order valence-corrected chi connectivity index (χ4v) is 3.84. The summed E-state index contributed by atoms with van der Waals surface area (Å²) < 4.78 is 15.2. The Labute approximate surface area is 171 Å². The molecule has 1 aromatic carbocycles. The van der Waals surface area contributed by atoms with Crippen molar-refractivity contribution >= 4 is 23.2 Å². The van der Waals surface area contributed by atoms with Crippen LogP contribution in [-0.2, 0) is 9.63 Å². The number of anilines is 1. The van der Waals surface area contributed by atoms with Gasteiger partial charge in [-0.3, -0.25) is 4.79 Å². The number of piperazine rings is 1. The van der Waals surface area contributed by atoms with Crippen LogP contribution in [0.1, 0.15) is 17.7 Å². The van der Waals surface area contributed by atoms with Crippen LogP contribution < -0.4 is 4.90 Å². The van der Waals surface area contributed by atoms with Crippen LogP contribution in [0, 0.1) is 12.7 Å². The number of hydrogen-bond donors (Lipinski definition) is 0. The molecule has 30 heavy (non-hydrogen) atoms. The van der Waals surface area contributed by atoms with E-state index in [4.69, 9.17) is 4.84 Å². The van der Waals surface area contributed by atoms with E-state index < -0.39 is 6.10 Å². The summed E-state index contributed by atoms with van der Waals surface area (Å²) in [6, 6.07) is 8.13. The van der Waals surface area contributed by atoms with Crippen molar-refractivity contribution in [1.82, 2.24) is 24.5 Å². The summed E-state index contributed by atoms with van der Waals surface area (Å²) >= 11 is 0. The highest BCUT2D eigenvalue weighted by molar-refractivity contribution is 6.04. The molecule has 5 rings (SSSR count). The second-order valence-electron chi connectivity index (χ2n) is 7.39. The number of aryl methyl sites for hydroxylation is 1. The van der Waals surface area contributed by atoms with Crippen molar-refractivity contribution in [3.63, 3.8) is 0 Å². The summed E-state index contributed by atoms with van der Waals surface area (Å²) in [7, 11) is 0. The molecule has 2 aliphatic heterocycles. The number of carbonyl (C=O) groups excluding carboxylic acids is 1. The van der Waals surface area contributed by atoms with Crippen LogP contribution in [0.25, 0.3) is 5.78 Å². The average molecular weight is 409 g/mol.